The molecule has 1 N–H and O–H groups in total. The third-order valence-electron chi connectivity index (χ3n) is 4.09. The van der Waals surface area contributed by atoms with E-state index in [0.29, 0.717) is 4.88 Å². The van der Waals surface area contributed by atoms with Crippen LogP contribution in [0.4, 0.5) is 0 Å². The van der Waals surface area contributed by atoms with Gasteiger partial charge in [-0.15, -0.1) is 5.10 Å². The lowest BCUT2D eigenvalue weighted by molar-refractivity contribution is 0.0924. The van der Waals surface area contributed by atoms with Gasteiger partial charge in [0.1, 0.15) is 4.88 Å². The predicted octanol–water partition coefficient (Wildman–Crippen LogP) is 3.74. The van der Waals surface area contributed by atoms with Crippen molar-refractivity contribution in [1.29, 1.82) is 0 Å². The number of hydrogen-bond acceptors (Lipinski definition) is 4. The van der Waals surface area contributed by atoms with Crippen molar-refractivity contribution in [2.45, 2.75) is 51.9 Å². The van der Waals surface area contributed by atoms with E-state index in [1.54, 1.807) is 0 Å². The van der Waals surface area contributed by atoms with Crippen LogP contribution in [-0.2, 0) is 0 Å². The molecule has 0 spiro atoms. The van der Waals surface area contributed by atoms with Crippen molar-refractivity contribution in [3.63, 3.8) is 0 Å². The smallest absolute Gasteiger partial charge is 0.264 e. The fourth-order valence-corrected chi connectivity index (χ4v) is 4.23. The summed E-state index contributed by atoms with van der Waals surface area (Å²) in [4.78, 5) is 13.0. The Kier molecular flexibility index (Phi) is 5.55. The zero-order valence-corrected chi connectivity index (χ0v) is 14.5. The lowest BCUT2D eigenvalue weighted by atomic mass is 9.75. The molecule has 0 saturated heterocycles. The summed E-state index contributed by atoms with van der Waals surface area (Å²) in [6.45, 7) is 4.82. The van der Waals surface area contributed by atoms with Gasteiger partial charge in [0.05, 0.1) is 5.69 Å². The first kappa shape index (κ1) is 15.9. The van der Waals surface area contributed by atoms with Gasteiger partial charge in [-0.1, -0.05) is 53.5 Å². The number of rotatable bonds is 5. The minimum absolute atomic E-state index is 0.0189. The Morgan fingerprint density at radius 1 is 1.40 bits per heavy atom. The van der Waals surface area contributed by atoms with Gasteiger partial charge in [-0.05, 0) is 35.7 Å². The van der Waals surface area contributed by atoms with Gasteiger partial charge in [-0.3, -0.25) is 4.79 Å². The Balaban J connectivity index is 1.99. The van der Waals surface area contributed by atoms with Crippen LogP contribution in [0.2, 0.25) is 0 Å². The van der Waals surface area contributed by atoms with E-state index in [4.69, 9.17) is 0 Å². The quantitative estimate of drug-likeness (QED) is 0.814. The molecule has 0 unspecified atom stereocenters. The van der Waals surface area contributed by atoms with E-state index >= 15 is 0 Å². The molecule has 4 nitrogen and oxygen atoms in total. The molecule has 1 saturated carbocycles. The number of nitrogens with zero attached hydrogens (tertiary/aromatic N) is 2. The van der Waals surface area contributed by atoms with Crippen LogP contribution in [-0.4, -0.2) is 27.4 Å². The van der Waals surface area contributed by atoms with E-state index in [1.165, 1.54) is 43.6 Å². The standard InChI is InChI=1S/C14H22BrN3OS/c1-10(2)11-12(20-18-17-11)13(19)16-9-14(8-15)6-4-3-5-7-14/h10H,3-9H2,1-2H3,(H,16,19). The minimum atomic E-state index is -0.0189. The maximum atomic E-state index is 12.3. The van der Waals surface area contributed by atoms with Crippen molar-refractivity contribution < 1.29 is 4.79 Å². The molecular formula is C14H22BrN3OS. The fraction of sp³-hybridized carbons (Fsp3) is 0.786. The average Bonchev–Trinajstić information content (AvgIpc) is 2.95. The second-order valence-corrected chi connectivity index (χ2v) is 7.33. The molecule has 0 radical (unpaired) electrons. The Morgan fingerprint density at radius 2 is 2.10 bits per heavy atom. The number of carbonyl (C=O) groups excluding carboxylic acids is 1. The van der Waals surface area contributed by atoms with Crippen molar-refractivity contribution >= 4 is 33.4 Å². The summed E-state index contributed by atoms with van der Waals surface area (Å²) in [6, 6.07) is 0. The number of hydrogen-bond donors (Lipinski definition) is 1. The van der Waals surface area contributed by atoms with Gasteiger partial charge in [0.15, 0.2) is 0 Å². The highest BCUT2D eigenvalue weighted by Crippen LogP contribution is 2.37. The summed E-state index contributed by atoms with van der Waals surface area (Å²) in [5.41, 5.74) is 1.04. The second kappa shape index (κ2) is 6.98. The van der Waals surface area contributed by atoms with Crippen molar-refractivity contribution in [1.82, 2.24) is 14.9 Å². The molecule has 0 atom stereocenters. The minimum Gasteiger partial charge on any atom is -0.351 e. The van der Waals surface area contributed by atoms with Gasteiger partial charge in [0.25, 0.3) is 5.91 Å². The van der Waals surface area contributed by atoms with Gasteiger partial charge < -0.3 is 5.32 Å². The van der Waals surface area contributed by atoms with Gasteiger partial charge in [0, 0.05) is 11.9 Å². The van der Waals surface area contributed by atoms with Crippen LogP contribution in [0.25, 0.3) is 0 Å². The topological polar surface area (TPSA) is 54.9 Å². The van der Waals surface area contributed by atoms with Crippen molar-refractivity contribution in [3.8, 4) is 0 Å². The fourth-order valence-electron chi connectivity index (χ4n) is 2.74. The molecule has 2 rings (SSSR count). The predicted molar refractivity (Wildman–Crippen MR) is 85.6 cm³/mol. The third-order valence-corrected chi connectivity index (χ3v) is 6.02. The number of nitrogens with one attached hydrogen (secondary N) is 1. The van der Waals surface area contributed by atoms with E-state index in [0.717, 1.165) is 17.6 Å². The Bertz CT molecular complexity index is 455. The van der Waals surface area contributed by atoms with Gasteiger partial charge >= 0.3 is 0 Å². The number of aromatic nitrogens is 2. The zero-order valence-electron chi connectivity index (χ0n) is 12.1. The lowest BCUT2D eigenvalue weighted by Crippen LogP contribution is -2.40. The summed E-state index contributed by atoms with van der Waals surface area (Å²) in [7, 11) is 0. The monoisotopic (exact) mass is 359 g/mol. The Morgan fingerprint density at radius 3 is 2.70 bits per heavy atom. The van der Waals surface area contributed by atoms with Gasteiger partial charge in [-0.2, -0.15) is 0 Å². The molecule has 1 aromatic heterocycles. The molecule has 1 fully saturated rings. The molecule has 1 amide bonds. The van der Waals surface area contributed by atoms with Crippen molar-refractivity contribution in [2.75, 3.05) is 11.9 Å². The summed E-state index contributed by atoms with van der Waals surface area (Å²) < 4.78 is 3.92. The van der Waals surface area contributed by atoms with E-state index in [-0.39, 0.29) is 17.2 Å². The maximum Gasteiger partial charge on any atom is 0.264 e. The molecular weight excluding hydrogens is 338 g/mol. The summed E-state index contributed by atoms with van der Waals surface area (Å²) >= 11 is 4.83. The molecule has 0 aromatic carbocycles. The molecule has 112 valence electrons. The van der Waals surface area contributed by atoms with Gasteiger partial charge in [0.2, 0.25) is 0 Å². The zero-order chi connectivity index (χ0) is 14.6. The van der Waals surface area contributed by atoms with Crippen LogP contribution in [0.3, 0.4) is 0 Å². The largest absolute Gasteiger partial charge is 0.351 e. The maximum absolute atomic E-state index is 12.3. The summed E-state index contributed by atoms with van der Waals surface area (Å²) in [6.07, 6.45) is 6.23. The Labute approximate surface area is 133 Å². The first-order valence-electron chi connectivity index (χ1n) is 7.24. The van der Waals surface area contributed by atoms with E-state index < -0.39 is 0 Å². The van der Waals surface area contributed by atoms with Crippen LogP contribution in [0, 0.1) is 5.41 Å². The first-order valence-corrected chi connectivity index (χ1v) is 9.14. The second-order valence-electron chi connectivity index (χ2n) is 6.02. The molecule has 20 heavy (non-hydrogen) atoms. The van der Waals surface area contributed by atoms with Crippen molar-refractivity contribution in [3.05, 3.63) is 10.6 Å². The van der Waals surface area contributed by atoms with Crippen LogP contribution >= 0.6 is 27.5 Å². The lowest BCUT2D eigenvalue weighted by Gasteiger charge is -2.35. The first-order chi connectivity index (χ1) is 9.58. The van der Waals surface area contributed by atoms with Crippen LogP contribution in [0.1, 0.15) is 67.2 Å². The average molecular weight is 360 g/mol. The highest BCUT2D eigenvalue weighted by atomic mass is 79.9. The van der Waals surface area contributed by atoms with E-state index in [1.807, 2.05) is 13.8 Å². The molecule has 0 bridgehead atoms. The Hall–Kier alpha value is -0.490. The van der Waals surface area contributed by atoms with E-state index in [2.05, 4.69) is 30.8 Å². The van der Waals surface area contributed by atoms with Crippen molar-refractivity contribution in [2.24, 2.45) is 5.41 Å². The highest BCUT2D eigenvalue weighted by molar-refractivity contribution is 9.09. The SMILES string of the molecule is CC(C)c1nnsc1C(=O)NCC1(CBr)CCCCC1. The number of halogens is 1. The van der Waals surface area contributed by atoms with E-state index in [9.17, 15) is 4.79 Å². The van der Waals surface area contributed by atoms with Crippen LogP contribution < -0.4 is 5.32 Å². The number of amides is 1. The van der Waals surface area contributed by atoms with Crippen LogP contribution in [0.5, 0.6) is 0 Å². The molecule has 0 aliphatic heterocycles. The highest BCUT2D eigenvalue weighted by Gasteiger charge is 2.32. The molecule has 6 heteroatoms. The number of alkyl halides is 1. The summed E-state index contributed by atoms with van der Waals surface area (Å²) in [5, 5.41) is 8.13. The molecule has 1 aliphatic rings. The van der Waals surface area contributed by atoms with Gasteiger partial charge in [-0.25, -0.2) is 0 Å². The molecule has 1 aliphatic carbocycles. The molecule has 1 heterocycles. The normalized spacial score (nSPS) is 18.2. The third kappa shape index (κ3) is 3.58. The number of carbonyl (C=O) groups is 1. The summed E-state index contributed by atoms with van der Waals surface area (Å²) in [5.74, 6) is 0.212. The molecule has 1 aromatic rings. The van der Waals surface area contributed by atoms with Crippen LogP contribution in [0.15, 0.2) is 0 Å².